The highest BCUT2D eigenvalue weighted by molar-refractivity contribution is 5.68. The lowest BCUT2D eigenvalue weighted by molar-refractivity contribution is -0.137. The van der Waals surface area contributed by atoms with Crippen LogP contribution in [0.25, 0.3) is 0 Å². The number of carboxylic acid groups (broad SMARTS) is 1. The molecule has 1 aromatic carbocycles. The van der Waals surface area contributed by atoms with E-state index in [9.17, 15) is 9.90 Å². The molecule has 0 fully saturated rings. The van der Waals surface area contributed by atoms with Gasteiger partial charge in [-0.3, -0.25) is 4.79 Å². The number of fused-ring (bicyclic) bond motifs is 1. The summed E-state index contributed by atoms with van der Waals surface area (Å²) in [5.41, 5.74) is 1.73. The van der Waals surface area contributed by atoms with Gasteiger partial charge in [0.2, 0.25) is 0 Å². The first kappa shape index (κ1) is 11.8. The SMILES string of the molecule is CC1Cc2cc(C(C)CC(=O)O)c(O)cc2O1. The number of phenols is 1. The first-order chi connectivity index (χ1) is 7.97. The average Bonchev–Trinajstić information content (AvgIpc) is 2.54. The minimum atomic E-state index is -0.859. The predicted octanol–water partition coefficient (Wildman–Crippen LogP) is 2.29. The highest BCUT2D eigenvalue weighted by Crippen LogP contribution is 2.38. The molecule has 1 aliphatic rings. The first-order valence-corrected chi connectivity index (χ1v) is 5.71. The molecule has 0 aliphatic carbocycles. The van der Waals surface area contributed by atoms with Crippen LogP contribution in [-0.2, 0) is 11.2 Å². The Kier molecular flexibility index (Phi) is 2.96. The van der Waals surface area contributed by atoms with E-state index in [1.807, 2.05) is 13.0 Å². The molecule has 4 nitrogen and oxygen atoms in total. The van der Waals surface area contributed by atoms with Crippen LogP contribution in [0.2, 0.25) is 0 Å². The van der Waals surface area contributed by atoms with Crippen molar-refractivity contribution in [3.8, 4) is 11.5 Å². The number of hydrogen-bond acceptors (Lipinski definition) is 3. The van der Waals surface area contributed by atoms with E-state index in [4.69, 9.17) is 9.84 Å². The summed E-state index contributed by atoms with van der Waals surface area (Å²) in [7, 11) is 0. The number of aliphatic carboxylic acids is 1. The molecule has 0 saturated heterocycles. The van der Waals surface area contributed by atoms with Crippen molar-refractivity contribution in [1.82, 2.24) is 0 Å². The van der Waals surface area contributed by atoms with Gasteiger partial charge in [0, 0.05) is 12.5 Å². The Morgan fingerprint density at radius 1 is 1.59 bits per heavy atom. The average molecular weight is 236 g/mol. The monoisotopic (exact) mass is 236 g/mol. The fourth-order valence-electron chi connectivity index (χ4n) is 2.24. The minimum Gasteiger partial charge on any atom is -0.508 e. The summed E-state index contributed by atoms with van der Waals surface area (Å²) >= 11 is 0. The summed E-state index contributed by atoms with van der Waals surface area (Å²) in [6, 6.07) is 3.45. The molecule has 0 saturated carbocycles. The van der Waals surface area contributed by atoms with Gasteiger partial charge in [0.1, 0.15) is 17.6 Å². The molecule has 1 heterocycles. The minimum absolute atomic E-state index is 0.0166. The lowest BCUT2D eigenvalue weighted by Crippen LogP contribution is -2.05. The third-order valence-electron chi connectivity index (χ3n) is 3.06. The lowest BCUT2D eigenvalue weighted by Gasteiger charge is -2.12. The van der Waals surface area contributed by atoms with Crippen LogP contribution >= 0.6 is 0 Å². The lowest BCUT2D eigenvalue weighted by atomic mass is 9.94. The zero-order valence-corrected chi connectivity index (χ0v) is 9.93. The molecule has 0 spiro atoms. The van der Waals surface area contributed by atoms with E-state index in [0.29, 0.717) is 11.3 Å². The molecule has 2 rings (SSSR count). The fourth-order valence-corrected chi connectivity index (χ4v) is 2.24. The van der Waals surface area contributed by atoms with Crippen LogP contribution in [0.1, 0.15) is 37.3 Å². The molecule has 2 atom stereocenters. The quantitative estimate of drug-likeness (QED) is 0.845. The summed E-state index contributed by atoms with van der Waals surface area (Å²) in [5.74, 6) is -0.233. The van der Waals surface area contributed by atoms with E-state index in [1.54, 1.807) is 13.0 Å². The summed E-state index contributed by atoms with van der Waals surface area (Å²) < 4.78 is 5.53. The second kappa shape index (κ2) is 4.28. The van der Waals surface area contributed by atoms with E-state index in [1.165, 1.54) is 0 Å². The summed E-state index contributed by atoms with van der Waals surface area (Å²) in [6.07, 6.45) is 0.944. The third-order valence-corrected chi connectivity index (χ3v) is 3.06. The maximum absolute atomic E-state index is 10.7. The van der Waals surface area contributed by atoms with E-state index < -0.39 is 5.97 Å². The van der Waals surface area contributed by atoms with Crippen molar-refractivity contribution in [3.05, 3.63) is 23.3 Å². The molecule has 4 heteroatoms. The number of aromatic hydroxyl groups is 1. The number of rotatable bonds is 3. The molecular weight excluding hydrogens is 220 g/mol. The third kappa shape index (κ3) is 2.35. The fraction of sp³-hybridized carbons (Fsp3) is 0.462. The Labute approximate surface area is 99.8 Å². The molecule has 92 valence electrons. The Hall–Kier alpha value is -1.71. The number of ether oxygens (including phenoxy) is 1. The molecule has 1 aromatic rings. The molecule has 2 N–H and O–H groups in total. The van der Waals surface area contributed by atoms with Crippen LogP contribution in [0.15, 0.2) is 12.1 Å². The number of carbonyl (C=O) groups is 1. The van der Waals surface area contributed by atoms with Gasteiger partial charge in [-0.1, -0.05) is 6.92 Å². The highest BCUT2D eigenvalue weighted by Gasteiger charge is 2.23. The van der Waals surface area contributed by atoms with Gasteiger partial charge in [-0.05, 0) is 30.0 Å². The van der Waals surface area contributed by atoms with Crippen LogP contribution in [0.3, 0.4) is 0 Å². The highest BCUT2D eigenvalue weighted by atomic mass is 16.5. The van der Waals surface area contributed by atoms with E-state index in [0.717, 1.165) is 12.0 Å². The standard InChI is InChI=1S/C13H16O4/c1-7(3-13(15)16)10-5-9-4-8(2)17-12(9)6-11(10)14/h5-8,14H,3-4H2,1-2H3,(H,15,16). The second-order valence-electron chi connectivity index (χ2n) is 4.65. The van der Waals surface area contributed by atoms with Crippen LogP contribution in [0.5, 0.6) is 11.5 Å². The maximum atomic E-state index is 10.7. The van der Waals surface area contributed by atoms with Crippen molar-refractivity contribution in [1.29, 1.82) is 0 Å². The van der Waals surface area contributed by atoms with Crippen molar-refractivity contribution in [2.24, 2.45) is 0 Å². The van der Waals surface area contributed by atoms with Crippen LogP contribution in [-0.4, -0.2) is 22.3 Å². The largest absolute Gasteiger partial charge is 0.508 e. The molecule has 0 aromatic heterocycles. The molecular formula is C13H16O4. The number of benzene rings is 1. The van der Waals surface area contributed by atoms with Crippen molar-refractivity contribution in [3.63, 3.8) is 0 Å². The van der Waals surface area contributed by atoms with Gasteiger partial charge in [-0.15, -0.1) is 0 Å². The van der Waals surface area contributed by atoms with Gasteiger partial charge >= 0.3 is 5.97 Å². The summed E-state index contributed by atoms with van der Waals surface area (Å²) in [6.45, 7) is 3.77. The topological polar surface area (TPSA) is 66.8 Å². The van der Waals surface area contributed by atoms with Crippen molar-refractivity contribution < 1.29 is 19.7 Å². The number of hydrogen-bond donors (Lipinski definition) is 2. The van der Waals surface area contributed by atoms with Crippen molar-refractivity contribution in [2.45, 2.75) is 38.7 Å². The Bertz CT molecular complexity index is 453. The summed E-state index contributed by atoms with van der Waals surface area (Å²) in [4.78, 5) is 10.7. The molecule has 0 radical (unpaired) electrons. The van der Waals surface area contributed by atoms with Crippen LogP contribution in [0, 0.1) is 0 Å². The second-order valence-corrected chi connectivity index (χ2v) is 4.65. The molecule has 17 heavy (non-hydrogen) atoms. The molecule has 0 amide bonds. The summed E-state index contributed by atoms with van der Waals surface area (Å²) in [5, 5.41) is 18.6. The zero-order valence-electron chi connectivity index (χ0n) is 9.93. The molecule has 1 aliphatic heterocycles. The Balaban J connectivity index is 2.30. The van der Waals surface area contributed by atoms with Crippen molar-refractivity contribution in [2.75, 3.05) is 0 Å². The first-order valence-electron chi connectivity index (χ1n) is 5.71. The normalized spacial score (nSPS) is 19.5. The van der Waals surface area contributed by atoms with E-state index >= 15 is 0 Å². The maximum Gasteiger partial charge on any atom is 0.303 e. The van der Waals surface area contributed by atoms with Gasteiger partial charge in [-0.25, -0.2) is 0 Å². The van der Waals surface area contributed by atoms with Gasteiger partial charge in [0.15, 0.2) is 0 Å². The predicted molar refractivity (Wildman–Crippen MR) is 62.6 cm³/mol. The van der Waals surface area contributed by atoms with E-state index in [-0.39, 0.29) is 24.2 Å². The van der Waals surface area contributed by atoms with E-state index in [2.05, 4.69) is 0 Å². The molecule has 2 unspecified atom stereocenters. The van der Waals surface area contributed by atoms with Crippen LogP contribution < -0.4 is 4.74 Å². The zero-order chi connectivity index (χ0) is 12.6. The smallest absolute Gasteiger partial charge is 0.303 e. The Morgan fingerprint density at radius 3 is 2.94 bits per heavy atom. The number of carboxylic acids is 1. The van der Waals surface area contributed by atoms with Gasteiger partial charge < -0.3 is 14.9 Å². The van der Waals surface area contributed by atoms with Crippen molar-refractivity contribution >= 4 is 5.97 Å². The molecule has 0 bridgehead atoms. The van der Waals surface area contributed by atoms with Crippen LogP contribution in [0.4, 0.5) is 0 Å². The number of phenolic OH excluding ortho intramolecular Hbond substituents is 1. The van der Waals surface area contributed by atoms with Gasteiger partial charge in [0.05, 0.1) is 6.42 Å². The Morgan fingerprint density at radius 2 is 2.29 bits per heavy atom. The van der Waals surface area contributed by atoms with Gasteiger partial charge in [0.25, 0.3) is 0 Å². The van der Waals surface area contributed by atoms with Gasteiger partial charge in [-0.2, -0.15) is 0 Å².